The topological polar surface area (TPSA) is 41.6 Å². The molecule has 5 heteroatoms. The van der Waals surface area contributed by atoms with E-state index in [1.807, 2.05) is 37.1 Å². The Morgan fingerprint density at radius 2 is 2.33 bits per heavy atom. The highest BCUT2D eigenvalue weighted by molar-refractivity contribution is 9.10. The number of hydrogen-bond acceptors (Lipinski definition) is 3. The molecule has 4 nitrogen and oxygen atoms in total. The van der Waals surface area contributed by atoms with E-state index in [4.69, 9.17) is 4.74 Å². The zero-order valence-electron chi connectivity index (χ0n) is 12.7. The molecule has 1 heterocycles. The zero-order valence-corrected chi connectivity index (χ0v) is 14.3. The molecule has 0 bridgehead atoms. The molecule has 1 aliphatic rings. The molecule has 0 saturated carbocycles. The third-order valence-electron chi connectivity index (χ3n) is 3.84. The van der Waals surface area contributed by atoms with E-state index in [0.717, 1.165) is 36.2 Å². The van der Waals surface area contributed by atoms with Gasteiger partial charge in [0.25, 0.3) is 0 Å². The number of rotatable bonds is 5. The molecule has 1 saturated heterocycles. The Bertz CT molecular complexity index is 493. The summed E-state index contributed by atoms with van der Waals surface area (Å²) in [6, 6.07) is 6.38. The van der Waals surface area contributed by atoms with Crippen LogP contribution in [0.25, 0.3) is 0 Å². The molecule has 1 aromatic rings. The molecule has 2 rings (SSSR count). The number of aryl methyl sites for hydroxylation is 1. The van der Waals surface area contributed by atoms with Crippen molar-refractivity contribution in [2.24, 2.45) is 0 Å². The summed E-state index contributed by atoms with van der Waals surface area (Å²) in [5.41, 5.74) is 1.18. The lowest BCUT2D eigenvalue weighted by Crippen LogP contribution is -2.47. The summed E-state index contributed by atoms with van der Waals surface area (Å²) in [5.74, 6) is 0.971. The van der Waals surface area contributed by atoms with Crippen LogP contribution in [0, 0.1) is 6.92 Å². The number of carbonyl (C=O) groups excluding carboxylic acids is 1. The van der Waals surface area contributed by atoms with Gasteiger partial charge in [-0.25, -0.2) is 0 Å². The third kappa shape index (κ3) is 4.71. The Kier molecular flexibility index (Phi) is 6.06. The van der Waals surface area contributed by atoms with Gasteiger partial charge in [-0.3, -0.25) is 4.79 Å². The summed E-state index contributed by atoms with van der Waals surface area (Å²) in [7, 11) is 1.96. The molecule has 1 unspecified atom stereocenters. The first-order chi connectivity index (χ1) is 10.1. The van der Waals surface area contributed by atoms with Gasteiger partial charge in [-0.1, -0.05) is 6.07 Å². The van der Waals surface area contributed by atoms with E-state index >= 15 is 0 Å². The van der Waals surface area contributed by atoms with Crippen LogP contribution in [0.3, 0.4) is 0 Å². The van der Waals surface area contributed by atoms with Crippen molar-refractivity contribution in [1.82, 2.24) is 10.2 Å². The number of likely N-dealkylation sites (tertiary alicyclic amines) is 1. The standard InChI is InChI=1S/C16H23BrN2O2/c1-12-5-6-15(14(17)10-12)21-9-7-16(20)19-8-3-4-13(11-19)18-2/h5-6,10,13,18H,3-4,7-9,11H2,1-2H3. The summed E-state index contributed by atoms with van der Waals surface area (Å²) < 4.78 is 6.63. The van der Waals surface area contributed by atoms with Crippen LogP contribution < -0.4 is 10.1 Å². The first-order valence-electron chi connectivity index (χ1n) is 7.44. The summed E-state index contributed by atoms with van der Waals surface area (Å²) in [6.07, 6.45) is 2.64. The molecule has 1 N–H and O–H groups in total. The van der Waals surface area contributed by atoms with Crippen LogP contribution in [-0.4, -0.2) is 43.6 Å². The fraction of sp³-hybridized carbons (Fsp3) is 0.562. The second kappa shape index (κ2) is 7.80. The van der Waals surface area contributed by atoms with E-state index in [-0.39, 0.29) is 5.91 Å². The minimum Gasteiger partial charge on any atom is -0.492 e. The number of likely N-dealkylation sites (N-methyl/N-ethyl adjacent to an activating group) is 1. The molecule has 1 aliphatic heterocycles. The van der Waals surface area contributed by atoms with Gasteiger partial charge in [-0.2, -0.15) is 0 Å². The highest BCUT2D eigenvalue weighted by Gasteiger charge is 2.22. The Hall–Kier alpha value is -1.07. The van der Waals surface area contributed by atoms with Gasteiger partial charge in [0.2, 0.25) is 5.91 Å². The van der Waals surface area contributed by atoms with Gasteiger partial charge >= 0.3 is 0 Å². The molecular formula is C16H23BrN2O2. The van der Waals surface area contributed by atoms with Gasteiger partial charge in [0.05, 0.1) is 17.5 Å². The number of nitrogens with zero attached hydrogens (tertiary/aromatic N) is 1. The van der Waals surface area contributed by atoms with Crippen LogP contribution in [0.5, 0.6) is 5.75 Å². The molecule has 1 fully saturated rings. The van der Waals surface area contributed by atoms with Gasteiger partial charge in [-0.05, 0) is 60.4 Å². The summed E-state index contributed by atoms with van der Waals surface area (Å²) in [5, 5.41) is 3.25. The first kappa shape index (κ1) is 16.3. The SMILES string of the molecule is CNC1CCCN(C(=O)CCOc2ccc(C)cc2Br)C1. The maximum Gasteiger partial charge on any atom is 0.226 e. The average Bonchev–Trinajstić information content (AvgIpc) is 2.49. The maximum absolute atomic E-state index is 12.2. The minimum absolute atomic E-state index is 0.179. The number of nitrogens with one attached hydrogen (secondary N) is 1. The van der Waals surface area contributed by atoms with Crippen molar-refractivity contribution in [3.8, 4) is 5.75 Å². The largest absolute Gasteiger partial charge is 0.492 e. The van der Waals surface area contributed by atoms with Gasteiger partial charge < -0.3 is 15.0 Å². The predicted octanol–water partition coefficient (Wildman–Crippen LogP) is 2.74. The molecule has 0 radical (unpaired) electrons. The molecule has 1 aromatic carbocycles. The van der Waals surface area contributed by atoms with Crippen LogP contribution >= 0.6 is 15.9 Å². The van der Waals surface area contributed by atoms with Gasteiger partial charge in [-0.15, -0.1) is 0 Å². The fourth-order valence-electron chi connectivity index (χ4n) is 2.57. The smallest absolute Gasteiger partial charge is 0.226 e. The molecule has 1 amide bonds. The van der Waals surface area contributed by atoms with Crippen molar-refractivity contribution in [2.45, 2.75) is 32.2 Å². The maximum atomic E-state index is 12.2. The summed E-state index contributed by atoms with van der Waals surface area (Å²) >= 11 is 3.48. The van der Waals surface area contributed by atoms with E-state index in [1.165, 1.54) is 5.56 Å². The number of halogens is 1. The number of amides is 1. The lowest BCUT2D eigenvalue weighted by atomic mass is 10.1. The summed E-state index contributed by atoms with van der Waals surface area (Å²) in [4.78, 5) is 14.1. The summed E-state index contributed by atoms with van der Waals surface area (Å²) in [6.45, 7) is 4.13. The van der Waals surface area contributed by atoms with E-state index in [2.05, 4.69) is 21.2 Å². The van der Waals surface area contributed by atoms with Crippen LogP contribution in [0.4, 0.5) is 0 Å². The number of hydrogen-bond donors (Lipinski definition) is 1. The van der Waals surface area contributed by atoms with Crippen LogP contribution in [-0.2, 0) is 4.79 Å². The van der Waals surface area contributed by atoms with Crippen LogP contribution in [0.15, 0.2) is 22.7 Å². The molecule has 0 spiro atoms. The van der Waals surface area contributed by atoms with Crippen molar-refractivity contribution in [1.29, 1.82) is 0 Å². The van der Waals surface area contributed by atoms with Crippen molar-refractivity contribution in [2.75, 3.05) is 26.7 Å². The lowest BCUT2D eigenvalue weighted by molar-refractivity contribution is -0.133. The van der Waals surface area contributed by atoms with Gasteiger partial charge in [0.15, 0.2) is 0 Å². The highest BCUT2D eigenvalue weighted by Crippen LogP contribution is 2.25. The Morgan fingerprint density at radius 3 is 3.05 bits per heavy atom. The minimum atomic E-state index is 0.179. The van der Waals surface area contributed by atoms with Gasteiger partial charge in [0.1, 0.15) is 5.75 Å². The monoisotopic (exact) mass is 354 g/mol. The number of carbonyl (C=O) groups is 1. The Balaban J connectivity index is 1.78. The lowest BCUT2D eigenvalue weighted by Gasteiger charge is -2.32. The van der Waals surface area contributed by atoms with Gasteiger partial charge in [0, 0.05) is 19.1 Å². The number of piperidine rings is 1. The third-order valence-corrected chi connectivity index (χ3v) is 4.46. The highest BCUT2D eigenvalue weighted by atomic mass is 79.9. The molecule has 1 atom stereocenters. The Morgan fingerprint density at radius 1 is 1.52 bits per heavy atom. The van der Waals surface area contributed by atoms with Crippen LogP contribution in [0.2, 0.25) is 0 Å². The van der Waals surface area contributed by atoms with Crippen molar-refractivity contribution in [3.63, 3.8) is 0 Å². The number of benzene rings is 1. The zero-order chi connectivity index (χ0) is 15.2. The fourth-order valence-corrected chi connectivity index (χ4v) is 3.18. The van der Waals surface area contributed by atoms with Crippen LogP contribution in [0.1, 0.15) is 24.8 Å². The van der Waals surface area contributed by atoms with E-state index in [1.54, 1.807) is 0 Å². The van der Waals surface area contributed by atoms with Crippen molar-refractivity contribution in [3.05, 3.63) is 28.2 Å². The quantitative estimate of drug-likeness (QED) is 0.883. The van der Waals surface area contributed by atoms with E-state index in [9.17, 15) is 4.79 Å². The molecule has 21 heavy (non-hydrogen) atoms. The normalized spacial score (nSPS) is 18.6. The molecule has 116 valence electrons. The molecular weight excluding hydrogens is 332 g/mol. The van der Waals surface area contributed by atoms with Crippen molar-refractivity contribution >= 4 is 21.8 Å². The van der Waals surface area contributed by atoms with Crippen molar-refractivity contribution < 1.29 is 9.53 Å². The average molecular weight is 355 g/mol. The Labute approximate surface area is 135 Å². The molecule has 0 aliphatic carbocycles. The van der Waals surface area contributed by atoms with E-state index in [0.29, 0.717) is 19.1 Å². The predicted molar refractivity (Wildman–Crippen MR) is 87.7 cm³/mol. The van der Waals surface area contributed by atoms with E-state index < -0.39 is 0 Å². The second-order valence-electron chi connectivity index (χ2n) is 5.50. The first-order valence-corrected chi connectivity index (χ1v) is 8.23. The second-order valence-corrected chi connectivity index (χ2v) is 6.35. The number of ether oxygens (including phenoxy) is 1. The molecule has 0 aromatic heterocycles.